The number of hydroxylamine groups is 1. The molecule has 0 atom stereocenters. The number of nitrogens with zero attached hydrogens (tertiary/aromatic N) is 2. The number of imide groups is 2. The fraction of sp³-hybridized carbons (Fsp3) is 0.308. The minimum absolute atomic E-state index is 0.0516. The number of rotatable bonds is 3. The number of carbonyl (C=O) groups excluding carboxylic acids is 3. The average molecular weight is 277 g/mol. The molecule has 0 unspecified atom stereocenters. The second kappa shape index (κ2) is 5.03. The topological polar surface area (TPSA) is 90.0 Å². The fourth-order valence-corrected chi connectivity index (χ4v) is 2.25. The molecular formula is C13H15N3O4. The zero-order valence-electron chi connectivity index (χ0n) is 11.2. The van der Waals surface area contributed by atoms with E-state index in [1.165, 1.54) is 14.1 Å². The number of hydrogen-bond acceptors (Lipinski definition) is 5. The van der Waals surface area contributed by atoms with Gasteiger partial charge < -0.3 is 5.21 Å². The average Bonchev–Trinajstić information content (AvgIpc) is 2.49. The first-order valence-corrected chi connectivity index (χ1v) is 5.99. The Morgan fingerprint density at radius 3 is 2.00 bits per heavy atom. The van der Waals surface area contributed by atoms with Crippen LogP contribution in [-0.2, 0) is 16.0 Å². The van der Waals surface area contributed by atoms with Crippen LogP contribution in [0.3, 0.4) is 0 Å². The Bertz CT molecular complexity index is 534. The molecule has 1 aromatic rings. The Morgan fingerprint density at radius 2 is 1.55 bits per heavy atom. The minimum Gasteiger partial charge on any atom is -0.315 e. The maximum Gasteiger partial charge on any atom is 0.332 e. The second-order valence-electron chi connectivity index (χ2n) is 4.69. The van der Waals surface area contributed by atoms with Crippen molar-refractivity contribution in [2.45, 2.75) is 12.0 Å². The van der Waals surface area contributed by atoms with Crippen molar-refractivity contribution in [1.29, 1.82) is 0 Å². The quantitative estimate of drug-likeness (QED) is 0.599. The van der Waals surface area contributed by atoms with Crippen LogP contribution < -0.4 is 5.48 Å². The summed E-state index contributed by atoms with van der Waals surface area (Å²) < 4.78 is 0. The third-order valence-corrected chi connectivity index (χ3v) is 3.42. The molecule has 1 aromatic carbocycles. The van der Waals surface area contributed by atoms with E-state index < -0.39 is 23.4 Å². The summed E-state index contributed by atoms with van der Waals surface area (Å²) in [5.41, 5.74) is 0.623. The second-order valence-corrected chi connectivity index (χ2v) is 4.69. The molecule has 7 nitrogen and oxygen atoms in total. The Morgan fingerprint density at radius 1 is 1.05 bits per heavy atom. The van der Waals surface area contributed by atoms with Gasteiger partial charge in [-0.05, 0) is 5.56 Å². The molecule has 1 fully saturated rings. The number of nitrogens with one attached hydrogen (secondary N) is 1. The predicted octanol–water partition coefficient (Wildman–Crippen LogP) is -0.00290. The number of amides is 4. The fourth-order valence-electron chi connectivity index (χ4n) is 2.25. The van der Waals surface area contributed by atoms with E-state index in [-0.39, 0.29) is 6.42 Å². The van der Waals surface area contributed by atoms with Gasteiger partial charge in [0, 0.05) is 20.5 Å². The van der Waals surface area contributed by atoms with Crippen LogP contribution in [0.1, 0.15) is 5.56 Å². The molecule has 1 heterocycles. The number of urea groups is 1. The summed E-state index contributed by atoms with van der Waals surface area (Å²) in [6.07, 6.45) is -0.0516. The van der Waals surface area contributed by atoms with E-state index in [4.69, 9.17) is 0 Å². The van der Waals surface area contributed by atoms with Crippen molar-refractivity contribution in [3.05, 3.63) is 35.9 Å². The van der Waals surface area contributed by atoms with Crippen LogP contribution in [0.25, 0.3) is 0 Å². The van der Waals surface area contributed by atoms with Gasteiger partial charge in [-0.15, -0.1) is 0 Å². The van der Waals surface area contributed by atoms with Gasteiger partial charge in [0.25, 0.3) is 11.8 Å². The van der Waals surface area contributed by atoms with E-state index in [9.17, 15) is 19.6 Å². The first-order chi connectivity index (χ1) is 9.44. The van der Waals surface area contributed by atoms with E-state index >= 15 is 0 Å². The van der Waals surface area contributed by atoms with Gasteiger partial charge >= 0.3 is 6.03 Å². The summed E-state index contributed by atoms with van der Waals surface area (Å²) in [6, 6.07) is 8.06. The van der Waals surface area contributed by atoms with Crippen LogP contribution in [0.4, 0.5) is 4.79 Å². The van der Waals surface area contributed by atoms with Gasteiger partial charge in [0.1, 0.15) is 0 Å². The normalized spacial score (nSPS) is 18.6. The Kier molecular flexibility index (Phi) is 3.56. The van der Waals surface area contributed by atoms with E-state index in [0.717, 1.165) is 9.80 Å². The lowest BCUT2D eigenvalue weighted by molar-refractivity contribution is -0.158. The summed E-state index contributed by atoms with van der Waals surface area (Å²) >= 11 is 0. The lowest BCUT2D eigenvalue weighted by Gasteiger charge is -2.40. The van der Waals surface area contributed by atoms with E-state index in [0.29, 0.717) is 5.56 Å². The number of barbiturate groups is 1. The third kappa shape index (κ3) is 1.97. The molecule has 106 valence electrons. The monoisotopic (exact) mass is 277 g/mol. The van der Waals surface area contributed by atoms with Gasteiger partial charge in [-0.25, -0.2) is 4.79 Å². The molecule has 2 N–H and O–H groups in total. The maximum absolute atomic E-state index is 12.3. The van der Waals surface area contributed by atoms with Crippen molar-refractivity contribution in [1.82, 2.24) is 15.3 Å². The molecule has 4 amide bonds. The predicted molar refractivity (Wildman–Crippen MR) is 68.7 cm³/mol. The number of hydrogen-bond donors (Lipinski definition) is 2. The largest absolute Gasteiger partial charge is 0.332 e. The van der Waals surface area contributed by atoms with Crippen LogP contribution in [0.2, 0.25) is 0 Å². The summed E-state index contributed by atoms with van der Waals surface area (Å²) in [5.74, 6) is -1.56. The van der Waals surface area contributed by atoms with Gasteiger partial charge in [-0.3, -0.25) is 19.4 Å². The molecule has 20 heavy (non-hydrogen) atoms. The van der Waals surface area contributed by atoms with Gasteiger partial charge in [-0.1, -0.05) is 30.3 Å². The molecule has 1 aliphatic rings. The van der Waals surface area contributed by atoms with Crippen LogP contribution in [0.15, 0.2) is 30.3 Å². The minimum atomic E-state index is -1.88. The highest BCUT2D eigenvalue weighted by molar-refractivity contribution is 6.22. The van der Waals surface area contributed by atoms with Crippen LogP contribution in [0, 0.1) is 0 Å². The molecule has 2 rings (SSSR count). The molecule has 7 heteroatoms. The summed E-state index contributed by atoms with van der Waals surface area (Å²) in [7, 11) is 2.54. The molecule has 1 aliphatic heterocycles. The van der Waals surface area contributed by atoms with Crippen molar-refractivity contribution in [3.63, 3.8) is 0 Å². The van der Waals surface area contributed by atoms with E-state index in [1.807, 2.05) is 5.48 Å². The Labute approximate surface area is 115 Å². The van der Waals surface area contributed by atoms with Gasteiger partial charge in [0.15, 0.2) is 0 Å². The Hall–Kier alpha value is -2.25. The lowest BCUT2D eigenvalue weighted by atomic mass is 9.87. The molecule has 0 bridgehead atoms. The Balaban J connectivity index is 2.44. The smallest absolute Gasteiger partial charge is 0.315 e. The zero-order valence-corrected chi connectivity index (χ0v) is 11.2. The van der Waals surface area contributed by atoms with Gasteiger partial charge in [0.2, 0.25) is 5.54 Å². The van der Waals surface area contributed by atoms with Crippen molar-refractivity contribution >= 4 is 17.8 Å². The molecule has 0 radical (unpaired) electrons. The van der Waals surface area contributed by atoms with Crippen molar-refractivity contribution in [3.8, 4) is 0 Å². The number of likely N-dealkylation sites (N-methyl/N-ethyl adjacent to an activating group) is 2. The van der Waals surface area contributed by atoms with Gasteiger partial charge in [-0.2, -0.15) is 5.48 Å². The lowest BCUT2D eigenvalue weighted by Crippen LogP contribution is -2.72. The zero-order chi connectivity index (χ0) is 14.9. The van der Waals surface area contributed by atoms with E-state index in [2.05, 4.69) is 0 Å². The SMILES string of the molecule is CN1C(=O)N(C)C(=O)C(Cc2ccccc2)(NO)C1=O. The van der Waals surface area contributed by atoms with Crippen LogP contribution >= 0.6 is 0 Å². The first-order valence-electron chi connectivity index (χ1n) is 5.99. The highest BCUT2D eigenvalue weighted by Gasteiger charge is 2.55. The van der Waals surface area contributed by atoms with Crippen LogP contribution in [-0.4, -0.2) is 52.5 Å². The third-order valence-electron chi connectivity index (χ3n) is 3.42. The first kappa shape index (κ1) is 14.2. The molecule has 0 aromatic heterocycles. The standard InChI is InChI=1S/C13H15N3O4/c1-15-10(17)13(14-20,11(18)16(2)12(15)19)8-9-6-4-3-5-7-9/h3-7,14,20H,8H2,1-2H3. The summed E-state index contributed by atoms with van der Waals surface area (Å²) in [4.78, 5) is 37.9. The summed E-state index contributed by atoms with van der Waals surface area (Å²) in [5, 5.41) is 9.41. The van der Waals surface area contributed by atoms with Gasteiger partial charge in [0.05, 0.1) is 0 Å². The molecule has 0 saturated carbocycles. The van der Waals surface area contributed by atoms with Crippen LogP contribution in [0.5, 0.6) is 0 Å². The molecule has 0 aliphatic carbocycles. The number of carbonyl (C=O) groups is 3. The maximum atomic E-state index is 12.3. The molecule has 0 spiro atoms. The van der Waals surface area contributed by atoms with E-state index in [1.54, 1.807) is 30.3 Å². The van der Waals surface area contributed by atoms with Crippen molar-refractivity contribution in [2.75, 3.05) is 14.1 Å². The highest BCUT2D eigenvalue weighted by Crippen LogP contribution is 2.23. The van der Waals surface area contributed by atoms with Crippen molar-refractivity contribution < 1.29 is 19.6 Å². The number of benzene rings is 1. The highest BCUT2D eigenvalue weighted by atomic mass is 16.5. The van der Waals surface area contributed by atoms with Crippen molar-refractivity contribution in [2.24, 2.45) is 0 Å². The summed E-state index contributed by atoms with van der Waals surface area (Å²) in [6.45, 7) is 0. The molecule has 1 saturated heterocycles. The molecular weight excluding hydrogens is 262 g/mol.